The molecule has 0 fully saturated rings. The van der Waals surface area contributed by atoms with E-state index in [1.54, 1.807) is 7.05 Å². The zero-order chi connectivity index (χ0) is 15.4. The van der Waals surface area contributed by atoms with Crippen LogP contribution in [0.5, 0.6) is 11.5 Å². The van der Waals surface area contributed by atoms with Crippen LogP contribution in [0.15, 0.2) is 21.6 Å². The Kier molecular flexibility index (Phi) is 5.33. The highest BCUT2D eigenvalue weighted by Crippen LogP contribution is 2.39. The second-order valence-electron chi connectivity index (χ2n) is 5.41. The summed E-state index contributed by atoms with van der Waals surface area (Å²) in [6.45, 7) is 7.45. The van der Waals surface area contributed by atoms with Crippen molar-refractivity contribution in [2.24, 2.45) is 10.9 Å². The van der Waals surface area contributed by atoms with Gasteiger partial charge in [0.1, 0.15) is 0 Å². The molecule has 0 radical (unpaired) electrons. The van der Waals surface area contributed by atoms with Crippen molar-refractivity contribution >= 4 is 21.9 Å². The SMILES string of the molecule is CN=C(NCc1cc(Br)c2c(c1)OCO2)NC(C)C(C)C. The summed E-state index contributed by atoms with van der Waals surface area (Å²) in [7, 11) is 1.78. The second kappa shape index (κ2) is 7.02. The molecule has 0 saturated heterocycles. The van der Waals surface area contributed by atoms with E-state index in [-0.39, 0.29) is 6.79 Å². The molecule has 2 rings (SSSR count). The molecular formula is C15H22BrN3O2. The summed E-state index contributed by atoms with van der Waals surface area (Å²) in [5, 5.41) is 6.69. The van der Waals surface area contributed by atoms with E-state index >= 15 is 0 Å². The van der Waals surface area contributed by atoms with Gasteiger partial charge in [-0.1, -0.05) is 13.8 Å². The minimum atomic E-state index is 0.278. The van der Waals surface area contributed by atoms with E-state index < -0.39 is 0 Å². The lowest BCUT2D eigenvalue weighted by Crippen LogP contribution is -2.43. The normalized spacial score (nSPS) is 15.2. The summed E-state index contributed by atoms with van der Waals surface area (Å²) in [4.78, 5) is 4.25. The Balaban J connectivity index is 1.97. The molecule has 1 heterocycles. The predicted octanol–water partition coefficient (Wildman–Crippen LogP) is 2.89. The molecule has 1 aliphatic rings. The number of halogens is 1. The van der Waals surface area contributed by atoms with Crippen LogP contribution in [0.1, 0.15) is 26.3 Å². The van der Waals surface area contributed by atoms with E-state index in [0.717, 1.165) is 27.5 Å². The summed E-state index contributed by atoms with van der Waals surface area (Å²) in [5.74, 6) is 2.89. The summed E-state index contributed by atoms with van der Waals surface area (Å²) >= 11 is 3.50. The molecule has 21 heavy (non-hydrogen) atoms. The van der Waals surface area contributed by atoms with Gasteiger partial charge in [-0.05, 0) is 46.5 Å². The lowest BCUT2D eigenvalue weighted by molar-refractivity contribution is 0.173. The third-order valence-electron chi connectivity index (χ3n) is 3.53. The number of rotatable bonds is 4. The average molecular weight is 356 g/mol. The summed E-state index contributed by atoms with van der Waals surface area (Å²) < 4.78 is 11.7. The Morgan fingerprint density at radius 1 is 1.33 bits per heavy atom. The van der Waals surface area contributed by atoms with Gasteiger partial charge in [0.25, 0.3) is 0 Å². The van der Waals surface area contributed by atoms with Crippen molar-refractivity contribution in [2.45, 2.75) is 33.4 Å². The first kappa shape index (κ1) is 15.9. The number of benzene rings is 1. The highest BCUT2D eigenvalue weighted by molar-refractivity contribution is 9.10. The smallest absolute Gasteiger partial charge is 0.231 e. The van der Waals surface area contributed by atoms with Gasteiger partial charge in [0.15, 0.2) is 17.5 Å². The predicted molar refractivity (Wildman–Crippen MR) is 87.9 cm³/mol. The van der Waals surface area contributed by atoms with E-state index in [1.165, 1.54) is 0 Å². The average Bonchev–Trinajstić information content (AvgIpc) is 2.91. The minimum Gasteiger partial charge on any atom is -0.454 e. The van der Waals surface area contributed by atoms with Crippen LogP contribution in [-0.2, 0) is 6.54 Å². The van der Waals surface area contributed by atoms with Crippen molar-refractivity contribution in [3.63, 3.8) is 0 Å². The molecule has 6 heteroatoms. The molecule has 1 unspecified atom stereocenters. The van der Waals surface area contributed by atoms with Crippen molar-refractivity contribution in [2.75, 3.05) is 13.8 Å². The number of guanidine groups is 1. The van der Waals surface area contributed by atoms with Gasteiger partial charge in [0, 0.05) is 19.6 Å². The van der Waals surface area contributed by atoms with Crippen molar-refractivity contribution in [3.05, 3.63) is 22.2 Å². The molecule has 1 aliphatic heterocycles. The van der Waals surface area contributed by atoms with E-state index in [1.807, 2.05) is 12.1 Å². The number of nitrogens with zero attached hydrogens (tertiary/aromatic N) is 1. The first-order valence-electron chi connectivity index (χ1n) is 7.06. The van der Waals surface area contributed by atoms with E-state index in [4.69, 9.17) is 9.47 Å². The quantitative estimate of drug-likeness (QED) is 0.644. The van der Waals surface area contributed by atoms with Gasteiger partial charge in [0.2, 0.25) is 6.79 Å². The Bertz CT molecular complexity index is 532. The maximum Gasteiger partial charge on any atom is 0.231 e. The second-order valence-corrected chi connectivity index (χ2v) is 6.27. The summed E-state index contributed by atoms with van der Waals surface area (Å²) in [6.07, 6.45) is 0. The van der Waals surface area contributed by atoms with E-state index in [9.17, 15) is 0 Å². The highest BCUT2D eigenvalue weighted by atomic mass is 79.9. The van der Waals surface area contributed by atoms with Gasteiger partial charge < -0.3 is 20.1 Å². The molecule has 0 bridgehead atoms. The lowest BCUT2D eigenvalue weighted by atomic mass is 10.1. The first-order chi connectivity index (χ1) is 10.0. The molecule has 2 N–H and O–H groups in total. The van der Waals surface area contributed by atoms with Gasteiger partial charge in [-0.2, -0.15) is 0 Å². The fraction of sp³-hybridized carbons (Fsp3) is 0.533. The Labute approximate surface area is 134 Å². The van der Waals surface area contributed by atoms with Crippen molar-refractivity contribution in [1.29, 1.82) is 0 Å². The summed E-state index contributed by atoms with van der Waals surface area (Å²) in [5.41, 5.74) is 1.10. The molecular weight excluding hydrogens is 334 g/mol. The third kappa shape index (κ3) is 4.03. The molecule has 0 spiro atoms. The monoisotopic (exact) mass is 355 g/mol. The Hall–Kier alpha value is -1.43. The van der Waals surface area contributed by atoms with E-state index in [2.05, 4.69) is 52.3 Å². The van der Waals surface area contributed by atoms with Crippen LogP contribution in [0, 0.1) is 5.92 Å². The standard InChI is InChI=1S/C15H22BrN3O2/c1-9(2)10(3)19-15(17-4)18-7-11-5-12(16)14-13(6-11)20-8-21-14/h5-6,9-10H,7-8H2,1-4H3,(H2,17,18,19). The maximum absolute atomic E-state index is 5.42. The maximum atomic E-state index is 5.42. The third-order valence-corrected chi connectivity index (χ3v) is 4.12. The summed E-state index contributed by atoms with van der Waals surface area (Å²) in [6, 6.07) is 4.37. The van der Waals surface area contributed by atoms with Crippen LogP contribution < -0.4 is 20.1 Å². The molecule has 116 valence electrons. The van der Waals surface area contributed by atoms with Crippen LogP contribution >= 0.6 is 15.9 Å². The Morgan fingerprint density at radius 2 is 2.10 bits per heavy atom. The van der Waals surface area contributed by atoms with Crippen LogP contribution in [0.4, 0.5) is 0 Å². The Morgan fingerprint density at radius 3 is 2.76 bits per heavy atom. The molecule has 1 atom stereocenters. The molecule has 1 aromatic rings. The van der Waals surface area contributed by atoms with Crippen LogP contribution in [0.2, 0.25) is 0 Å². The van der Waals surface area contributed by atoms with Crippen LogP contribution in [-0.4, -0.2) is 25.8 Å². The number of aliphatic imine (C=N–C) groups is 1. The van der Waals surface area contributed by atoms with Gasteiger partial charge >= 0.3 is 0 Å². The number of fused-ring (bicyclic) bond motifs is 1. The molecule has 0 saturated carbocycles. The molecule has 5 nitrogen and oxygen atoms in total. The molecule has 0 amide bonds. The van der Waals surface area contributed by atoms with Crippen molar-refractivity contribution < 1.29 is 9.47 Å². The number of hydrogen-bond donors (Lipinski definition) is 2. The van der Waals surface area contributed by atoms with Crippen molar-refractivity contribution in [3.8, 4) is 11.5 Å². The van der Waals surface area contributed by atoms with Crippen molar-refractivity contribution in [1.82, 2.24) is 10.6 Å². The van der Waals surface area contributed by atoms with E-state index in [0.29, 0.717) is 18.5 Å². The largest absolute Gasteiger partial charge is 0.454 e. The topological polar surface area (TPSA) is 54.9 Å². The highest BCUT2D eigenvalue weighted by Gasteiger charge is 2.18. The van der Waals surface area contributed by atoms with Gasteiger partial charge in [-0.25, -0.2) is 0 Å². The van der Waals surface area contributed by atoms with Crippen LogP contribution in [0.25, 0.3) is 0 Å². The zero-order valence-corrected chi connectivity index (χ0v) is 14.5. The van der Waals surface area contributed by atoms with Gasteiger partial charge in [-0.3, -0.25) is 4.99 Å². The molecule has 0 aliphatic carbocycles. The minimum absolute atomic E-state index is 0.278. The number of hydrogen-bond acceptors (Lipinski definition) is 3. The fourth-order valence-corrected chi connectivity index (χ4v) is 2.49. The molecule has 1 aromatic carbocycles. The fourth-order valence-electron chi connectivity index (χ4n) is 1.89. The van der Waals surface area contributed by atoms with Gasteiger partial charge in [0.05, 0.1) is 4.47 Å². The van der Waals surface area contributed by atoms with Crippen LogP contribution in [0.3, 0.4) is 0 Å². The first-order valence-corrected chi connectivity index (χ1v) is 7.85. The lowest BCUT2D eigenvalue weighted by Gasteiger charge is -2.20. The van der Waals surface area contributed by atoms with Gasteiger partial charge in [-0.15, -0.1) is 0 Å². The number of nitrogens with one attached hydrogen (secondary N) is 2. The molecule has 0 aromatic heterocycles. The zero-order valence-electron chi connectivity index (χ0n) is 12.9. The number of ether oxygens (including phenoxy) is 2.